The van der Waals surface area contributed by atoms with E-state index in [9.17, 15) is 0 Å². The predicted molar refractivity (Wildman–Crippen MR) is 89.2 cm³/mol. The van der Waals surface area contributed by atoms with E-state index in [1.54, 1.807) is 0 Å². The first-order chi connectivity index (χ1) is 10.2. The van der Waals surface area contributed by atoms with Gasteiger partial charge in [0.05, 0.1) is 0 Å². The molecule has 1 unspecified atom stereocenters. The van der Waals surface area contributed by atoms with Gasteiger partial charge in [0.15, 0.2) is 0 Å². The van der Waals surface area contributed by atoms with Gasteiger partial charge in [0.1, 0.15) is 0 Å². The number of benzene rings is 1. The Bertz CT molecular complexity index is 428. The van der Waals surface area contributed by atoms with E-state index in [0.717, 1.165) is 11.6 Å². The standard InChI is InChI=1S/C18H29N3/c1-15(17-4-6-18(19)7-5-17)21-12-8-16(9-13-21)14-20-10-2-3-11-20/h4-7,15-16H,2-3,8-14,19H2,1H3. The van der Waals surface area contributed by atoms with Crippen LogP contribution in [0.5, 0.6) is 0 Å². The van der Waals surface area contributed by atoms with Gasteiger partial charge >= 0.3 is 0 Å². The quantitative estimate of drug-likeness (QED) is 0.864. The van der Waals surface area contributed by atoms with E-state index in [1.165, 1.54) is 64.0 Å². The molecule has 3 rings (SSSR count). The monoisotopic (exact) mass is 287 g/mol. The fourth-order valence-corrected chi connectivity index (χ4v) is 3.84. The Kier molecular flexibility index (Phi) is 4.81. The third-order valence-electron chi connectivity index (χ3n) is 5.33. The predicted octanol–water partition coefficient (Wildman–Crippen LogP) is 3.14. The number of hydrogen-bond acceptors (Lipinski definition) is 3. The summed E-state index contributed by atoms with van der Waals surface area (Å²) in [5.74, 6) is 0.915. The topological polar surface area (TPSA) is 32.5 Å². The van der Waals surface area contributed by atoms with Crippen molar-refractivity contribution >= 4 is 5.69 Å². The van der Waals surface area contributed by atoms with E-state index in [4.69, 9.17) is 5.73 Å². The molecule has 0 bridgehead atoms. The molecule has 2 aliphatic rings. The summed E-state index contributed by atoms with van der Waals surface area (Å²) in [4.78, 5) is 5.30. The molecule has 1 aromatic rings. The van der Waals surface area contributed by atoms with Crippen LogP contribution in [0.1, 0.15) is 44.2 Å². The van der Waals surface area contributed by atoms with E-state index < -0.39 is 0 Å². The first-order valence-electron chi connectivity index (χ1n) is 8.54. The van der Waals surface area contributed by atoms with Gasteiger partial charge in [0, 0.05) is 18.3 Å². The number of hydrogen-bond donors (Lipinski definition) is 1. The molecule has 2 aliphatic heterocycles. The molecule has 1 atom stereocenters. The van der Waals surface area contributed by atoms with Crippen LogP contribution in [-0.2, 0) is 0 Å². The smallest absolute Gasteiger partial charge is 0.0319 e. The van der Waals surface area contributed by atoms with Crippen molar-refractivity contribution in [2.45, 2.75) is 38.6 Å². The van der Waals surface area contributed by atoms with E-state index in [2.05, 4.69) is 28.9 Å². The molecular weight excluding hydrogens is 258 g/mol. The van der Waals surface area contributed by atoms with Gasteiger partial charge < -0.3 is 10.6 Å². The number of nitrogens with two attached hydrogens (primary N) is 1. The van der Waals surface area contributed by atoms with Crippen LogP contribution in [-0.4, -0.2) is 42.5 Å². The van der Waals surface area contributed by atoms with Crippen molar-refractivity contribution in [3.63, 3.8) is 0 Å². The molecule has 0 radical (unpaired) electrons. The third kappa shape index (κ3) is 3.78. The van der Waals surface area contributed by atoms with Crippen LogP contribution in [0.3, 0.4) is 0 Å². The fraction of sp³-hybridized carbons (Fsp3) is 0.667. The molecule has 0 aromatic heterocycles. The molecule has 21 heavy (non-hydrogen) atoms. The molecule has 2 heterocycles. The van der Waals surface area contributed by atoms with Crippen LogP contribution in [0.4, 0.5) is 5.69 Å². The lowest BCUT2D eigenvalue weighted by Crippen LogP contribution is -2.39. The minimum atomic E-state index is 0.512. The maximum absolute atomic E-state index is 5.78. The van der Waals surface area contributed by atoms with Gasteiger partial charge in [-0.1, -0.05) is 12.1 Å². The number of rotatable bonds is 4. The zero-order valence-electron chi connectivity index (χ0n) is 13.3. The van der Waals surface area contributed by atoms with Gasteiger partial charge in [-0.3, -0.25) is 4.90 Å². The molecule has 0 saturated carbocycles. The lowest BCUT2D eigenvalue weighted by molar-refractivity contribution is 0.122. The molecule has 0 amide bonds. The Morgan fingerprint density at radius 1 is 1.05 bits per heavy atom. The van der Waals surface area contributed by atoms with Gasteiger partial charge in [0.25, 0.3) is 0 Å². The average molecular weight is 287 g/mol. The number of likely N-dealkylation sites (tertiary alicyclic amines) is 2. The molecule has 0 spiro atoms. The van der Waals surface area contributed by atoms with Gasteiger partial charge in [-0.2, -0.15) is 0 Å². The largest absolute Gasteiger partial charge is 0.399 e. The SMILES string of the molecule is CC(c1ccc(N)cc1)N1CCC(CN2CCCC2)CC1. The maximum atomic E-state index is 5.78. The molecule has 2 N–H and O–H groups in total. The second-order valence-electron chi connectivity index (χ2n) is 6.83. The van der Waals surface area contributed by atoms with Gasteiger partial charge in [-0.25, -0.2) is 0 Å². The van der Waals surface area contributed by atoms with Crippen molar-refractivity contribution in [3.05, 3.63) is 29.8 Å². The van der Waals surface area contributed by atoms with Crippen molar-refractivity contribution in [2.24, 2.45) is 5.92 Å². The highest BCUT2D eigenvalue weighted by Crippen LogP contribution is 2.28. The van der Waals surface area contributed by atoms with Crippen molar-refractivity contribution in [1.29, 1.82) is 0 Å². The van der Waals surface area contributed by atoms with Crippen molar-refractivity contribution in [1.82, 2.24) is 9.80 Å². The van der Waals surface area contributed by atoms with Crippen LogP contribution < -0.4 is 5.73 Å². The van der Waals surface area contributed by atoms with Gasteiger partial charge in [0.2, 0.25) is 0 Å². The Labute approximate surface area is 129 Å². The minimum Gasteiger partial charge on any atom is -0.399 e. The van der Waals surface area contributed by atoms with Crippen LogP contribution in [0, 0.1) is 5.92 Å². The van der Waals surface area contributed by atoms with Crippen LogP contribution in [0.2, 0.25) is 0 Å². The highest BCUT2D eigenvalue weighted by molar-refractivity contribution is 5.40. The van der Waals surface area contributed by atoms with Crippen molar-refractivity contribution < 1.29 is 0 Å². The molecule has 116 valence electrons. The summed E-state index contributed by atoms with van der Waals surface area (Å²) in [6, 6.07) is 8.91. The van der Waals surface area contributed by atoms with Crippen LogP contribution in [0.25, 0.3) is 0 Å². The number of nitrogens with zero attached hydrogens (tertiary/aromatic N) is 2. The summed E-state index contributed by atoms with van der Waals surface area (Å²) in [5, 5.41) is 0. The summed E-state index contributed by atoms with van der Waals surface area (Å²) < 4.78 is 0. The van der Waals surface area contributed by atoms with Crippen LogP contribution in [0.15, 0.2) is 24.3 Å². The zero-order chi connectivity index (χ0) is 14.7. The number of nitrogen functional groups attached to an aromatic ring is 1. The summed E-state index contributed by atoms with van der Waals surface area (Å²) in [7, 11) is 0. The van der Waals surface area contributed by atoms with Crippen LogP contribution >= 0.6 is 0 Å². The third-order valence-corrected chi connectivity index (χ3v) is 5.33. The minimum absolute atomic E-state index is 0.512. The first kappa shape index (κ1) is 14.9. The molecule has 2 fully saturated rings. The highest BCUT2D eigenvalue weighted by Gasteiger charge is 2.25. The Hall–Kier alpha value is -1.06. The van der Waals surface area contributed by atoms with E-state index in [-0.39, 0.29) is 0 Å². The lowest BCUT2D eigenvalue weighted by atomic mass is 9.94. The summed E-state index contributed by atoms with van der Waals surface area (Å²) in [5.41, 5.74) is 8.03. The highest BCUT2D eigenvalue weighted by atomic mass is 15.2. The Morgan fingerprint density at radius 3 is 2.29 bits per heavy atom. The van der Waals surface area contributed by atoms with E-state index in [1.807, 2.05) is 12.1 Å². The lowest BCUT2D eigenvalue weighted by Gasteiger charge is -2.37. The van der Waals surface area contributed by atoms with E-state index in [0.29, 0.717) is 6.04 Å². The number of piperidine rings is 1. The molecule has 3 nitrogen and oxygen atoms in total. The second-order valence-corrected chi connectivity index (χ2v) is 6.83. The van der Waals surface area contributed by atoms with Gasteiger partial charge in [-0.15, -0.1) is 0 Å². The van der Waals surface area contributed by atoms with Crippen molar-refractivity contribution in [2.75, 3.05) is 38.5 Å². The van der Waals surface area contributed by atoms with E-state index >= 15 is 0 Å². The molecule has 3 heteroatoms. The second kappa shape index (κ2) is 6.80. The molecular formula is C18H29N3. The summed E-state index contributed by atoms with van der Waals surface area (Å²) in [6.45, 7) is 8.81. The average Bonchev–Trinajstić information content (AvgIpc) is 3.01. The number of anilines is 1. The Balaban J connectivity index is 1.49. The molecule has 2 saturated heterocycles. The summed E-state index contributed by atoms with van der Waals surface area (Å²) >= 11 is 0. The normalized spacial score (nSPS) is 23.5. The fourth-order valence-electron chi connectivity index (χ4n) is 3.84. The van der Waals surface area contributed by atoms with Crippen molar-refractivity contribution in [3.8, 4) is 0 Å². The molecule has 1 aromatic carbocycles. The van der Waals surface area contributed by atoms with Gasteiger partial charge in [-0.05, 0) is 82.4 Å². The first-order valence-corrected chi connectivity index (χ1v) is 8.54. The zero-order valence-corrected chi connectivity index (χ0v) is 13.3. The Morgan fingerprint density at radius 2 is 1.67 bits per heavy atom. The maximum Gasteiger partial charge on any atom is 0.0319 e. The summed E-state index contributed by atoms with van der Waals surface area (Å²) in [6.07, 6.45) is 5.53. The molecule has 0 aliphatic carbocycles.